The number of benzene rings is 1. The van der Waals surface area contributed by atoms with Crippen LogP contribution >= 0.6 is 11.3 Å². The molecule has 2 heterocycles. The van der Waals surface area contributed by atoms with Gasteiger partial charge in [-0.15, -0.1) is 11.3 Å². The first-order valence-corrected chi connectivity index (χ1v) is 10.2. The number of hydrogen-bond donors (Lipinski definition) is 0. The topological polar surface area (TPSA) is 78.0 Å². The standard InChI is InChI=1S/C20H24N2O5S/c1-4-15(20(24)26-5-2)22-16-10-13(6-7-17(16)27-11-19(22)23)14-12-28-18(21-14)8-9-25-3/h6-7,10,12,15H,4-5,8-9,11H2,1-3H3. The number of thiazole rings is 1. The van der Waals surface area contributed by atoms with E-state index in [1.54, 1.807) is 25.4 Å². The summed E-state index contributed by atoms with van der Waals surface area (Å²) in [6, 6.07) is 4.89. The summed E-state index contributed by atoms with van der Waals surface area (Å²) in [4.78, 5) is 31.2. The summed E-state index contributed by atoms with van der Waals surface area (Å²) in [5.74, 6) is -0.100. The normalized spacial score (nSPS) is 14.4. The van der Waals surface area contributed by atoms with Crippen LogP contribution < -0.4 is 9.64 Å². The van der Waals surface area contributed by atoms with E-state index in [9.17, 15) is 9.59 Å². The third kappa shape index (κ3) is 4.18. The molecule has 0 fully saturated rings. The minimum absolute atomic E-state index is 0.0971. The second-order valence-corrected chi connectivity index (χ2v) is 7.22. The van der Waals surface area contributed by atoms with E-state index >= 15 is 0 Å². The van der Waals surface area contributed by atoms with Gasteiger partial charge in [0.05, 0.1) is 29.6 Å². The smallest absolute Gasteiger partial charge is 0.329 e. The summed E-state index contributed by atoms with van der Waals surface area (Å²) in [6.45, 7) is 4.40. The van der Waals surface area contributed by atoms with Gasteiger partial charge in [-0.1, -0.05) is 6.92 Å². The first kappa shape index (κ1) is 20.3. The fourth-order valence-electron chi connectivity index (χ4n) is 3.11. The summed E-state index contributed by atoms with van der Waals surface area (Å²) in [5.41, 5.74) is 2.25. The van der Waals surface area contributed by atoms with E-state index in [0.29, 0.717) is 24.5 Å². The Morgan fingerprint density at radius 1 is 1.39 bits per heavy atom. The predicted octanol–water partition coefficient (Wildman–Crippen LogP) is 3.07. The average Bonchev–Trinajstić information content (AvgIpc) is 3.17. The minimum Gasteiger partial charge on any atom is -0.482 e. The Balaban J connectivity index is 1.95. The third-order valence-corrected chi connectivity index (χ3v) is 5.37. The molecule has 0 saturated carbocycles. The molecule has 2 aromatic rings. The van der Waals surface area contributed by atoms with Crippen LogP contribution in [-0.2, 0) is 25.5 Å². The van der Waals surface area contributed by atoms with Gasteiger partial charge in [0.25, 0.3) is 5.91 Å². The molecule has 1 atom stereocenters. The van der Waals surface area contributed by atoms with E-state index in [4.69, 9.17) is 14.2 Å². The molecule has 1 aliphatic heterocycles. The fourth-order valence-corrected chi connectivity index (χ4v) is 3.90. The Labute approximate surface area is 168 Å². The van der Waals surface area contributed by atoms with Crippen molar-refractivity contribution in [1.82, 2.24) is 4.98 Å². The Morgan fingerprint density at radius 2 is 2.21 bits per heavy atom. The van der Waals surface area contributed by atoms with Gasteiger partial charge in [0.1, 0.15) is 11.8 Å². The second kappa shape index (κ2) is 9.16. The number of anilines is 1. The van der Waals surface area contributed by atoms with Crippen LogP contribution in [0.4, 0.5) is 5.69 Å². The van der Waals surface area contributed by atoms with E-state index in [1.807, 2.05) is 30.5 Å². The average molecular weight is 404 g/mol. The Morgan fingerprint density at radius 3 is 2.93 bits per heavy atom. The molecule has 3 rings (SSSR count). The summed E-state index contributed by atoms with van der Waals surface area (Å²) in [5, 5.41) is 2.96. The predicted molar refractivity (Wildman–Crippen MR) is 107 cm³/mol. The van der Waals surface area contributed by atoms with Crippen LogP contribution in [-0.4, -0.2) is 49.8 Å². The SMILES string of the molecule is CCOC(=O)C(CC)N1C(=O)COc2ccc(-c3csc(CCOC)n3)cc21. The van der Waals surface area contributed by atoms with Crippen molar-refractivity contribution in [2.45, 2.75) is 32.7 Å². The van der Waals surface area contributed by atoms with Gasteiger partial charge in [0.2, 0.25) is 0 Å². The molecule has 0 saturated heterocycles. The van der Waals surface area contributed by atoms with Crippen LogP contribution in [0.15, 0.2) is 23.6 Å². The number of fused-ring (bicyclic) bond motifs is 1. The largest absolute Gasteiger partial charge is 0.482 e. The molecule has 0 radical (unpaired) electrons. The summed E-state index contributed by atoms with van der Waals surface area (Å²) < 4.78 is 15.8. The number of nitrogens with zero attached hydrogens (tertiary/aromatic N) is 2. The van der Waals surface area contributed by atoms with Crippen molar-refractivity contribution in [2.75, 3.05) is 31.8 Å². The van der Waals surface area contributed by atoms with Gasteiger partial charge in [0.15, 0.2) is 6.61 Å². The number of esters is 1. The first-order valence-electron chi connectivity index (χ1n) is 9.28. The van der Waals surface area contributed by atoms with Crippen molar-refractivity contribution in [3.63, 3.8) is 0 Å². The highest BCUT2D eigenvalue weighted by Gasteiger charge is 2.36. The second-order valence-electron chi connectivity index (χ2n) is 6.28. The van der Waals surface area contributed by atoms with Gasteiger partial charge in [-0.3, -0.25) is 9.69 Å². The number of hydrogen-bond acceptors (Lipinski definition) is 7. The molecule has 0 spiro atoms. The van der Waals surface area contributed by atoms with Crippen molar-refractivity contribution >= 4 is 28.9 Å². The molecule has 1 aromatic carbocycles. The van der Waals surface area contributed by atoms with Crippen LogP contribution in [0.1, 0.15) is 25.3 Å². The van der Waals surface area contributed by atoms with Crippen molar-refractivity contribution in [3.8, 4) is 17.0 Å². The van der Waals surface area contributed by atoms with E-state index < -0.39 is 12.0 Å². The maximum absolute atomic E-state index is 12.6. The number of amides is 1. The molecule has 1 aliphatic rings. The van der Waals surface area contributed by atoms with Crippen molar-refractivity contribution in [3.05, 3.63) is 28.6 Å². The molecule has 7 nitrogen and oxygen atoms in total. The molecule has 150 valence electrons. The van der Waals surface area contributed by atoms with E-state index in [0.717, 1.165) is 22.7 Å². The van der Waals surface area contributed by atoms with Crippen LogP contribution in [0.3, 0.4) is 0 Å². The lowest BCUT2D eigenvalue weighted by Gasteiger charge is -2.34. The van der Waals surface area contributed by atoms with Crippen molar-refractivity contribution in [2.24, 2.45) is 0 Å². The first-order chi connectivity index (χ1) is 13.6. The molecule has 1 unspecified atom stereocenters. The van der Waals surface area contributed by atoms with E-state index in [1.165, 1.54) is 4.90 Å². The van der Waals surface area contributed by atoms with Gasteiger partial charge in [0, 0.05) is 24.5 Å². The molecule has 28 heavy (non-hydrogen) atoms. The van der Waals surface area contributed by atoms with Crippen LogP contribution in [0.2, 0.25) is 0 Å². The van der Waals surface area contributed by atoms with Gasteiger partial charge < -0.3 is 14.2 Å². The molecule has 8 heteroatoms. The fraction of sp³-hybridized carbons (Fsp3) is 0.450. The molecule has 1 aromatic heterocycles. The van der Waals surface area contributed by atoms with E-state index in [-0.39, 0.29) is 19.1 Å². The third-order valence-electron chi connectivity index (χ3n) is 4.46. The quantitative estimate of drug-likeness (QED) is 0.629. The Bertz CT molecular complexity index is 851. The zero-order chi connectivity index (χ0) is 20.1. The maximum Gasteiger partial charge on any atom is 0.329 e. The number of aromatic nitrogens is 1. The maximum atomic E-state index is 12.6. The number of ether oxygens (including phenoxy) is 3. The monoisotopic (exact) mass is 404 g/mol. The molecule has 0 N–H and O–H groups in total. The Hall–Kier alpha value is -2.45. The summed E-state index contributed by atoms with van der Waals surface area (Å²) in [6.07, 6.45) is 1.20. The van der Waals surface area contributed by atoms with E-state index in [2.05, 4.69) is 4.98 Å². The van der Waals surface area contributed by atoms with Crippen molar-refractivity contribution in [1.29, 1.82) is 0 Å². The Kier molecular flexibility index (Phi) is 6.64. The minimum atomic E-state index is -0.682. The molecule has 0 bridgehead atoms. The lowest BCUT2D eigenvalue weighted by atomic mass is 10.1. The highest BCUT2D eigenvalue weighted by Crippen LogP contribution is 2.38. The van der Waals surface area contributed by atoms with Gasteiger partial charge in [-0.25, -0.2) is 9.78 Å². The number of carbonyl (C=O) groups excluding carboxylic acids is 2. The molecule has 1 amide bonds. The van der Waals surface area contributed by atoms with Crippen molar-refractivity contribution < 1.29 is 23.8 Å². The van der Waals surface area contributed by atoms with Gasteiger partial charge >= 0.3 is 5.97 Å². The molecular formula is C20H24N2O5S. The highest BCUT2D eigenvalue weighted by molar-refractivity contribution is 7.09. The van der Waals surface area contributed by atoms with Gasteiger partial charge in [-0.05, 0) is 31.5 Å². The zero-order valence-corrected chi connectivity index (χ0v) is 17.1. The van der Waals surface area contributed by atoms with Gasteiger partial charge in [-0.2, -0.15) is 0 Å². The number of carbonyl (C=O) groups is 2. The van der Waals surface area contributed by atoms with Crippen LogP contribution in [0.25, 0.3) is 11.3 Å². The highest BCUT2D eigenvalue weighted by atomic mass is 32.1. The summed E-state index contributed by atoms with van der Waals surface area (Å²) >= 11 is 1.57. The molecule has 0 aliphatic carbocycles. The summed E-state index contributed by atoms with van der Waals surface area (Å²) in [7, 11) is 1.66. The van der Waals surface area contributed by atoms with Crippen LogP contribution in [0.5, 0.6) is 5.75 Å². The van der Waals surface area contributed by atoms with Crippen LogP contribution in [0, 0.1) is 0 Å². The lowest BCUT2D eigenvalue weighted by molar-refractivity contribution is -0.146. The number of rotatable bonds is 8. The number of methoxy groups -OCH3 is 1. The molecular weight excluding hydrogens is 380 g/mol. The zero-order valence-electron chi connectivity index (χ0n) is 16.3. The lowest BCUT2D eigenvalue weighted by Crippen LogP contribution is -2.49.